The molecule has 0 saturated heterocycles. The number of carboxylic acid groups (broad SMARTS) is 1. The number of fused-ring (bicyclic) bond motifs is 1. The minimum atomic E-state index is -4.79. The molecule has 0 aliphatic heterocycles. The lowest BCUT2D eigenvalue weighted by atomic mass is 10.1. The Morgan fingerprint density at radius 2 is 1.81 bits per heavy atom. The average molecular weight is 396 g/mol. The molecule has 2 aromatic carbocycles. The van der Waals surface area contributed by atoms with E-state index in [1.807, 2.05) is 0 Å². The first-order valence-electron chi connectivity index (χ1n) is 7.24. The summed E-state index contributed by atoms with van der Waals surface area (Å²) in [5.41, 5.74) is -2.23. The van der Waals surface area contributed by atoms with Crippen molar-refractivity contribution in [1.82, 2.24) is 9.97 Å². The van der Waals surface area contributed by atoms with Crippen LogP contribution in [0.2, 0.25) is 0 Å². The zero-order chi connectivity index (χ0) is 19.8. The van der Waals surface area contributed by atoms with Gasteiger partial charge in [0.1, 0.15) is 5.52 Å². The summed E-state index contributed by atoms with van der Waals surface area (Å²) in [5.74, 6) is -1.58. The Morgan fingerprint density at radius 3 is 2.44 bits per heavy atom. The number of alkyl halides is 3. The Labute approximate surface area is 152 Å². The molecule has 0 fully saturated rings. The molecule has 0 spiro atoms. The summed E-state index contributed by atoms with van der Waals surface area (Å²) in [5, 5.41) is 9.31. The molecule has 1 N–H and O–H groups in total. The number of hydrogen-bond acceptors (Lipinski definition) is 5. The highest BCUT2D eigenvalue weighted by Gasteiger charge is 2.33. The van der Waals surface area contributed by atoms with E-state index in [4.69, 9.17) is 0 Å². The molecule has 7 nitrogen and oxygen atoms in total. The fourth-order valence-electron chi connectivity index (χ4n) is 2.49. The second-order valence-corrected chi connectivity index (χ2v) is 6.05. The molecule has 0 saturated carbocycles. The van der Waals surface area contributed by atoms with Crippen molar-refractivity contribution in [2.75, 3.05) is 4.31 Å². The van der Waals surface area contributed by atoms with Crippen LogP contribution in [0.25, 0.3) is 11.0 Å². The molecule has 1 aromatic heterocycles. The Kier molecular flexibility index (Phi) is 4.81. The van der Waals surface area contributed by atoms with Gasteiger partial charge in [0, 0.05) is 12.4 Å². The molecule has 3 rings (SSSR count). The monoisotopic (exact) mass is 396 g/mol. The maximum absolute atomic E-state index is 13.1. The number of aromatic nitrogens is 2. The van der Waals surface area contributed by atoms with Crippen LogP contribution >= 0.6 is 0 Å². The number of carboxylic acids is 1. The van der Waals surface area contributed by atoms with Crippen molar-refractivity contribution in [3.05, 3.63) is 59.9 Å². The predicted octanol–water partition coefficient (Wildman–Crippen LogP) is 3.28. The summed E-state index contributed by atoms with van der Waals surface area (Å²) < 4.78 is 63.5. The minimum absolute atomic E-state index is 0.0814. The number of rotatable bonds is 4. The van der Waals surface area contributed by atoms with Gasteiger partial charge in [-0.15, -0.1) is 0 Å². The van der Waals surface area contributed by atoms with Gasteiger partial charge in [0.2, 0.25) is 0 Å². The van der Waals surface area contributed by atoms with E-state index in [2.05, 4.69) is 9.97 Å². The highest BCUT2D eigenvalue weighted by atomic mass is 32.2. The molecule has 1 unspecified atom stereocenters. The highest BCUT2D eigenvalue weighted by Crippen LogP contribution is 2.38. The van der Waals surface area contributed by atoms with E-state index in [1.54, 1.807) is 0 Å². The van der Waals surface area contributed by atoms with Gasteiger partial charge in [-0.2, -0.15) is 13.2 Å². The van der Waals surface area contributed by atoms with E-state index in [0.29, 0.717) is 22.5 Å². The van der Waals surface area contributed by atoms with E-state index in [1.165, 1.54) is 30.6 Å². The summed E-state index contributed by atoms with van der Waals surface area (Å²) in [6, 6.07) is 5.99. The maximum Gasteiger partial charge on any atom is 0.416 e. The lowest BCUT2D eigenvalue weighted by Crippen LogP contribution is -2.23. The Bertz CT molecular complexity index is 1050. The van der Waals surface area contributed by atoms with Gasteiger partial charge in [0.15, 0.2) is 0 Å². The summed E-state index contributed by atoms with van der Waals surface area (Å²) >= 11 is -3.14. The van der Waals surface area contributed by atoms with Crippen LogP contribution in [0.5, 0.6) is 0 Å². The van der Waals surface area contributed by atoms with Crippen molar-refractivity contribution in [1.29, 1.82) is 0 Å². The van der Waals surface area contributed by atoms with Crippen molar-refractivity contribution in [2.45, 2.75) is 6.18 Å². The normalized spacial score (nSPS) is 12.7. The number of aromatic carboxylic acids is 1. The standard InChI is InChI=1S/C16H10F3N3O4S/c17-16(18,19)9-4-5-10(15(23)24)13(8-9)22(27(25)26)12-3-1-2-11-14(12)21-7-6-20-11/h1-8H,(H,23,24)(H,25,26)/p-1. The number of carbonyl (C=O) groups is 1. The predicted molar refractivity (Wildman–Crippen MR) is 89.0 cm³/mol. The van der Waals surface area contributed by atoms with E-state index in [-0.39, 0.29) is 16.7 Å². The summed E-state index contributed by atoms with van der Waals surface area (Å²) in [6.07, 6.45) is -2.15. The molecule has 0 radical (unpaired) electrons. The minimum Gasteiger partial charge on any atom is -0.755 e. The van der Waals surface area contributed by atoms with Gasteiger partial charge in [-0.1, -0.05) is 6.07 Å². The van der Waals surface area contributed by atoms with E-state index >= 15 is 0 Å². The number of hydrogen-bond donors (Lipinski definition) is 1. The molecule has 0 aliphatic carbocycles. The van der Waals surface area contributed by atoms with Crippen LogP contribution < -0.4 is 4.31 Å². The third kappa shape index (κ3) is 3.59. The summed E-state index contributed by atoms with van der Waals surface area (Å²) in [4.78, 5) is 19.5. The van der Waals surface area contributed by atoms with Gasteiger partial charge in [-0.25, -0.2) is 4.79 Å². The highest BCUT2D eigenvalue weighted by molar-refractivity contribution is 7.81. The molecule has 0 aliphatic rings. The second-order valence-electron chi connectivity index (χ2n) is 5.25. The zero-order valence-electron chi connectivity index (χ0n) is 13.2. The summed E-state index contributed by atoms with van der Waals surface area (Å²) in [7, 11) is 0. The first-order chi connectivity index (χ1) is 12.7. The number of anilines is 2. The van der Waals surface area contributed by atoms with Gasteiger partial charge >= 0.3 is 12.1 Å². The van der Waals surface area contributed by atoms with Crippen molar-refractivity contribution >= 4 is 39.6 Å². The number of nitrogens with zero attached hydrogens (tertiary/aromatic N) is 3. The molecule has 1 heterocycles. The molecule has 0 bridgehead atoms. The van der Waals surface area contributed by atoms with Crippen molar-refractivity contribution in [3.8, 4) is 0 Å². The topological polar surface area (TPSA) is 106 Å². The van der Waals surface area contributed by atoms with Gasteiger partial charge in [0.25, 0.3) is 0 Å². The lowest BCUT2D eigenvalue weighted by Gasteiger charge is -2.28. The molecule has 11 heteroatoms. The average Bonchev–Trinajstić information content (AvgIpc) is 2.61. The van der Waals surface area contributed by atoms with Crippen molar-refractivity contribution in [2.24, 2.45) is 0 Å². The Morgan fingerprint density at radius 1 is 1.11 bits per heavy atom. The third-order valence-corrected chi connectivity index (χ3v) is 4.31. The van der Waals surface area contributed by atoms with Gasteiger partial charge < -0.3 is 9.66 Å². The van der Waals surface area contributed by atoms with Crippen LogP contribution in [-0.4, -0.2) is 29.8 Å². The van der Waals surface area contributed by atoms with E-state index < -0.39 is 40.2 Å². The first-order valence-corrected chi connectivity index (χ1v) is 8.27. The molecule has 27 heavy (non-hydrogen) atoms. The quantitative estimate of drug-likeness (QED) is 0.679. The largest absolute Gasteiger partial charge is 0.755 e. The van der Waals surface area contributed by atoms with Crippen LogP contribution in [0.4, 0.5) is 24.5 Å². The molecular weight excluding hydrogens is 387 g/mol. The first kappa shape index (κ1) is 18.7. The molecule has 0 amide bonds. The van der Waals surface area contributed by atoms with Crippen LogP contribution in [-0.2, 0) is 17.4 Å². The van der Waals surface area contributed by atoms with E-state index in [9.17, 15) is 31.8 Å². The van der Waals surface area contributed by atoms with Crippen LogP contribution in [0, 0.1) is 0 Å². The van der Waals surface area contributed by atoms with Crippen LogP contribution in [0.1, 0.15) is 15.9 Å². The fraction of sp³-hybridized carbons (Fsp3) is 0.0625. The van der Waals surface area contributed by atoms with Crippen LogP contribution in [0.15, 0.2) is 48.8 Å². The summed E-state index contributed by atoms with van der Waals surface area (Å²) in [6.45, 7) is 0. The van der Waals surface area contributed by atoms with Gasteiger partial charge in [0.05, 0.1) is 39.3 Å². The number of benzene rings is 2. The van der Waals surface area contributed by atoms with Crippen LogP contribution in [0.3, 0.4) is 0 Å². The smallest absolute Gasteiger partial charge is 0.416 e. The molecule has 1 atom stereocenters. The molecule has 140 valence electrons. The Balaban J connectivity index is 2.32. The fourth-order valence-corrected chi connectivity index (χ4v) is 3.11. The molecular formula is C16H9F3N3O4S-. The second kappa shape index (κ2) is 6.93. The van der Waals surface area contributed by atoms with Gasteiger partial charge in [-0.3, -0.25) is 18.5 Å². The SMILES string of the molecule is O=C(O)c1ccc(C(F)(F)F)cc1N(c1cccc2nccnc12)S(=O)[O-]. The number of halogens is 3. The number of para-hydroxylation sites is 1. The Hall–Kier alpha value is -3.05. The van der Waals surface area contributed by atoms with E-state index in [0.717, 1.165) is 0 Å². The molecule has 3 aromatic rings. The van der Waals surface area contributed by atoms with Gasteiger partial charge in [-0.05, 0) is 30.3 Å². The third-order valence-electron chi connectivity index (χ3n) is 3.62. The maximum atomic E-state index is 13.1. The zero-order valence-corrected chi connectivity index (χ0v) is 14.0. The van der Waals surface area contributed by atoms with Crippen molar-refractivity contribution in [3.63, 3.8) is 0 Å². The lowest BCUT2D eigenvalue weighted by molar-refractivity contribution is -0.137. The van der Waals surface area contributed by atoms with Crippen molar-refractivity contribution < 1.29 is 31.8 Å².